The second-order valence-corrected chi connectivity index (χ2v) is 6.64. The molecule has 5 nitrogen and oxygen atoms in total. The number of fused-ring (bicyclic) bond motifs is 3. The van der Waals surface area contributed by atoms with E-state index in [1.807, 2.05) is 42.5 Å². The third kappa shape index (κ3) is 2.41. The van der Waals surface area contributed by atoms with Crippen LogP contribution in [0.3, 0.4) is 0 Å². The van der Waals surface area contributed by atoms with Crippen LogP contribution in [0.5, 0.6) is 5.75 Å². The van der Waals surface area contributed by atoms with Crippen LogP contribution in [0.4, 0.5) is 0 Å². The van der Waals surface area contributed by atoms with Crippen LogP contribution in [0.1, 0.15) is 17.0 Å². The topological polar surface area (TPSA) is 91.9 Å². The Kier molecular flexibility index (Phi) is 3.59. The molecular weight excluding hydrogens is 382 g/mol. The van der Waals surface area contributed by atoms with E-state index >= 15 is 0 Å². The van der Waals surface area contributed by atoms with E-state index in [0.29, 0.717) is 16.8 Å². The van der Waals surface area contributed by atoms with Crippen molar-refractivity contribution in [3.63, 3.8) is 0 Å². The summed E-state index contributed by atoms with van der Waals surface area (Å²) in [5, 5.41) is 10.3. The molecule has 0 saturated carbocycles. The SMILES string of the molecule is N#CC1=C(N)Oc2c(c(=O)[nH]c3ccccc23)[C@@H]1c1cccc(Br)c1. The average molecular weight is 394 g/mol. The fourth-order valence-corrected chi connectivity index (χ4v) is 3.61. The van der Waals surface area contributed by atoms with Crippen molar-refractivity contribution >= 4 is 26.8 Å². The van der Waals surface area contributed by atoms with Crippen molar-refractivity contribution in [1.29, 1.82) is 5.26 Å². The van der Waals surface area contributed by atoms with Gasteiger partial charge in [0.15, 0.2) is 0 Å². The molecule has 1 aliphatic heterocycles. The molecular formula is C19H12BrN3O2. The number of ether oxygens (including phenoxy) is 1. The smallest absolute Gasteiger partial charge is 0.256 e. The lowest BCUT2D eigenvalue weighted by molar-refractivity contribution is 0.397. The van der Waals surface area contributed by atoms with E-state index < -0.39 is 5.92 Å². The molecule has 0 unspecified atom stereocenters. The Hall–Kier alpha value is -3.04. The van der Waals surface area contributed by atoms with Crippen LogP contribution >= 0.6 is 15.9 Å². The fraction of sp³-hybridized carbons (Fsp3) is 0.0526. The first kappa shape index (κ1) is 15.5. The molecule has 1 aliphatic rings. The number of nitrogens with two attached hydrogens (primary N) is 1. The van der Waals surface area contributed by atoms with Gasteiger partial charge in [-0.3, -0.25) is 4.79 Å². The van der Waals surface area contributed by atoms with E-state index in [2.05, 4.69) is 27.0 Å². The molecule has 25 heavy (non-hydrogen) atoms. The molecule has 0 amide bonds. The maximum atomic E-state index is 12.8. The number of para-hydroxylation sites is 1. The molecule has 0 fully saturated rings. The largest absolute Gasteiger partial charge is 0.439 e. The minimum Gasteiger partial charge on any atom is -0.439 e. The molecule has 0 saturated heterocycles. The molecule has 3 aromatic rings. The van der Waals surface area contributed by atoms with Crippen LogP contribution < -0.4 is 16.0 Å². The number of nitrogens with zero attached hydrogens (tertiary/aromatic N) is 1. The monoisotopic (exact) mass is 393 g/mol. The molecule has 2 heterocycles. The van der Waals surface area contributed by atoms with Gasteiger partial charge < -0.3 is 15.5 Å². The Morgan fingerprint density at radius 3 is 2.76 bits per heavy atom. The Balaban J connectivity index is 2.10. The van der Waals surface area contributed by atoms with Crippen LogP contribution in [0.15, 0.2) is 69.3 Å². The summed E-state index contributed by atoms with van der Waals surface area (Å²) in [7, 11) is 0. The van der Waals surface area contributed by atoms with E-state index in [0.717, 1.165) is 15.4 Å². The van der Waals surface area contributed by atoms with Gasteiger partial charge in [0.2, 0.25) is 5.88 Å². The summed E-state index contributed by atoms with van der Waals surface area (Å²) in [4.78, 5) is 15.7. The normalized spacial score (nSPS) is 16.2. The van der Waals surface area contributed by atoms with Gasteiger partial charge in [0.05, 0.1) is 17.0 Å². The van der Waals surface area contributed by atoms with Gasteiger partial charge in [-0.25, -0.2) is 0 Å². The van der Waals surface area contributed by atoms with Gasteiger partial charge in [-0.1, -0.05) is 40.2 Å². The Labute approximate surface area is 151 Å². The van der Waals surface area contributed by atoms with E-state index in [9.17, 15) is 10.1 Å². The third-order valence-corrected chi connectivity index (χ3v) is 4.76. The molecule has 4 rings (SSSR count). The second-order valence-electron chi connectivity index (χ2n) is 5.72. The highest BCUT2D eigenvalue weighted by atomic mass is 79.9. The number of hydrogen-bond donors (Lipinski definition) is 2. The molecule has 1 atom stereocenters. The molecule has 0 bridgehead atoms. The first-order valence-electron chi connectivity index (χ1n) is 7.58. The molecule has 3 N–H and O–H groups in total. The van der Waals surface area contributed by atoms with Crippen LogP contribution in [-0.4, -0.2) is 4.98 Å². The summed E-state index contributed by atoms with van der Waals surface area (Å²) in [6.07, 6.45) is 0. The van der Waals surface area contributed by atoms with Gasteiger partial charge in [-0.15, -0.1) is 0 Å². The van der Waals surface area contributed by atoms with E-state index in [-0.39, 0.29) is 17.0 Å². The van der Waals surface area contributed by atoms with E-state index in [4.69, 9.17) is 10.5 Å². The summed E-state index contributed by atoms with van der Waals surface area (Å²) in [6, 6.07) is 16.9. The molecule has 1 aromatic heterocycles. The third-order valence-electron chi connectivity index (χ3n) is 4.27. The zero-order chi connectivity index (χ0) is 17.6. The number of rotatable bonds is 1. The number of H-pyrrole nitrogens is 1. The molecule has 122 valence electrons. The number of nitrogens with one attached hydrogen (secondary N) is 1. The van der Waals surface area contributed by atoms with E-state index in [1.165, 1.54) is 0 Å². The minimum atomic E-state index is -0.584. The Bertz CT molecular complexity index is 1140. The maximum Gasteiger partial charge on any atom is 0.256 e. The summed E-state index contributed by atoms with van der Waals surface area (Å²) in [5.41, 5.74) is 7.80. The average Bonchev–Trinajstić information content (AvgIpc) is 2.60. The standard InChI is InChI=1S/C19H12BrN3O2/c20-11-5-3-4-10(8-11)15-13(9-21)18(22)25-17-12-6-1-2-7-14(12)23-19(24)16(15)17/h1-8,15H,22H2,(H,23,24)/t15-/m1/s1. The zero-order valence-corrected chi connectivity index (χ0v) is 14.5. The molecule has 6 heteroatoms. The van der Waals surface area contributed by atoms with Crippen LogP contribution in [0, 0.1) is 11.3 Å². The predicted molar refractivity (Wildman–Crippen MR) is 98.0 cm³/mol. The van der Waals surface area contributed by atoms with Crippen molar-refractivity contribution in [3.05, 3.63) is 85.9 Å². The van der Waals surface area contributed by atoms with Crippen LogP contribution in [-0.2, 0) is 0 Å². The van der Waals surface area contributed by atoms with Gasteiger partial charge in [0.1, 0.15) is 17.4 Å². The van der Waals surface area contributed by atoms with Crippen LogP contribution in [0.2, 0.25) is 0 Å². The number of aromatic nitrogens is 1. The first-order chi connectivity index (χ1) is 12.1. The highest BCUT2D eigenvalue weighted by Gasteiger charge is 2.34. The molecule has 2 aromatic carbocycles. The number of allylic oxidation sites excluding steroid dienone is 1. The molecule has 0 aliphatic carbocycles. The van der Waals surface area contributed by atoms with Gasteiger partial charge >= 0.3 is 0 Å². The lowest BCUT2D eigenvalue weighted by Gasteiger charge is -2.26. The fourth-order valence-electron chi connectivity index (χ4n) is 3.19. The Morgan fingerprint density at radius 2 is 2.00 bits per heavy atom. The van der Waals surface area contributed by atoms with Gasteiger partial charge in [-0.2, -0.15) is 5.26 Å². The summed E-state index contributed by atoms with van der Waals surface area (Å²) in [5.74, 6) is -0.156. The number of nitriles is 1. The first-order valence-corrected chi connectivity index (χ1v) is 8.37. The lowest BCUT2D eigenvalue weighted by atomic mass is 9.83. The van der Waals surface area contributed by atoms with Crippen molar-refractivity contribution in [2.45, 2.75) is 5.92 Å². The van der Waals surface area contributed by atoms with Crippen molar-refractivity contribution in [2.75, 3.05) is 0 Å². The zero-order valence-electron chi connectivity index (χ0n) is 12.9. The number of hydrogen-bond acceptors (Lipinski definition) is 4. The van der Waals surface area contributed by atoms with Gasteiger partial charge in [0, 0.05) is 9.86 Å². The van der Waals surface area contributed by atoms with Crippen molar-refractivity contribution in [2.24, 2.45) is 5.73 Å². The van der Waals surface area contributed by atoms with Crippen molar-refractivity contribution in [1.82, 2.24) is 4.98 Å². The number of benzene rings is 2. The summed E-state index contributed by atoms with van der Waals surface area (Å²) in [6.45, 7) is 0. The van der Waals surface area contributed by atoms with Crippen molar-refractivity contribution < 1.29 is 4.74 Å². The lowest BCUT2D eigenvalue weighted by Crippen LogP contribution is -2.27. The van der Waals surface area contributed by atoms with E-state index in [1.54, 1.807) is 6.07 Å². The molecule has 0 spiro atoms. The number of pyridine rings is 1. The van der Waals surface area contributed by atoms with Gasteiger partial charge in [-0.05, 0) is 29.8 Å². The Morgan fingerprint density at radius 1 is 1.20 bits per heavy atom. The second kappa shape index (κ2) is 5.80. The predicted octanol–water partition coefficient (Wildman–Crippen LogP) is 3.51. The number of aromatic amines is 1. The summed E-state index contributed by atoms with van der Waals surface area (Å²) >= 11 is 3.44. The highest BCUT2D eigenvalue weighted by molar-refractivity contribution is 9.10. The van der Waals surface area contributed by atoms with Crippen molar-refractivity contribution in [3.8, 4) is 11.8 Å². The number of halogens is 1. The molecule has 0 radical (unpaired) electrons. The summed E-state index contributed by atoms with van der Waals surface area (Å²) < 4.78 is 6.57. The maximum absolute atomic E-state index is 12.8. The minimum absolute atomic E-state index is 0.0238. The highest BCUT2D eigenvalue weighted by Crippen LogP contribution is 2.43. The quantitative estimate of drug-likeness (QED) is 0.661. The van der Waals surface area contributed by atoms with Gasteiger partial charge in [0.25, 0.3) is 5.56 Å². The van der Waals surface area contributed by atoms with Crippen LogP contribution in [0.25, 0.3) is 10.9 Å².